The molecule has 2 N–H and O–H groups in total. The molecule has 0 radical (unpaired) electrons. The van der Waals surface area contributed by atoms with Gasteiger partial charge < -0.3 is 5.32 Å². The molecule has 1 aromatic carbocycles. The summed E-state index contributed by atoms with van der Waals surface area (Å²) < 4.78 is 40.5. The van der Waals surface area contributed by atoms with Crippen molar-refractivity contribution < 1.29 is 13.2 Å². The summed E-state index contributed by atoms with van der Waals surface area (Å²) in [5.41, 5.74) is -1.85. The second kappa shape index (κ2) is 8.34. The number of alkyl halides is 3. The van der Waals surface area contributed by atoms with E-state index >= 15 is 0 Å². The van der Waals surface area contributed by atoms with Gasteiger partial charge in [-0.25, -0.2) is 9.78 Å². The molecule has 0 aliphatic rings. The lowest BCUT2D eigenvalue weighted by molar-refractivity contribution is -0.138. The van der Waals surface area contributed by atoms with Crippen LogP contribution in [0.15, 0.2) is 57.6 Å². The van der Waals surface area contributed by atoms with Crippen LogP contribution in [0.2, 0.25) is 0 Å². The van der Waals surface area contributed by atoms with E-state index < -0.39 is 23.0 Å². The molecular formula is C20H16F3N5O2S. The molecule has 31 heavy (non-hydrogen) atoms. The minimum absolute atomic E-state index is 0.00383. The molecule has 0 bridgehead atoms. The summed E-state index contributed by atoms with van der Waals surface area (Å²) in [6, 6.07) is 8.97. The van der Waals surface area contributed by atoms with Gasteiger partial charge in [-0.15, -0.1) is 11.3 Å². The van der Waals surface area contributed by atoms with Crippen molar-refractivity contribution >= 4 is 28.3 Å². The van der Waals surface area contributed by atoms with Crippen molar-refractivity contribution in [1.82, 2.24) is 19.5 Å². The number of halogens is 3. The standard InChI is InChI=1S/C20H16F3N5O2S/c21-20(22,23)15-6-2-1-4-12(15)10-24-18-25-11-14-16(26-18)27-19(30)28(17(14)29)8-7-13-5-3-9-31-13/h1-6,9,11H,7-8,10H2,(H2,24,25,26,27,30). The van der Waals surface area contributed by atoms with E-state index in [-0.39, 0.29) is 35.6 Å². The van der Waals surface area contributed by atoms with Crippen LogP contribution in [0, 0.1) is 0 Å². The van der Waals surface area contributed by atoms with E-state index in [1.165, 1.54) is 35.7 Å². The fourth-order valence-electron chi connectivity index (χ4n) is 3.13. The zero-order chi connectivity index (χ0) is 22.0. The van der Waals surface area contributed by atoms with E-state index in [4.69, 9.17) is 0 Å². The van der Waals surface area contributed by atoms with Gasteiger partial charge in [-0.3, -0.25) is 14.3 Å². The fraction of sp³-hybridized carbons (Fsp3) is 0.200. The Kier molecular flexibility index (Phi) is 5.59. The third-order valence-corrected chi connectivity index (χ3v) is 5.59. The van der Waals surface area contributed by atoms with E-state index in [1.54, 1.807) is 0 Å². The average molecular weight is 447 g/mol. The first-order chi connectivity index (χ1) is 14.8. The molecule has 3 aromatic heterocycles. The summed E-state index contributed by atoms with van der Waals surface area (Å²) >= 11 is 1.53. The summed E-state index contributed by atoms with van der Waals surface area (Å²) in [5.74, 6) is -0.00383. The molecule has 11 heteroatoms. The Morgan fingerprint density at radius 1 is 1.13 bits per heavy atom. The fourth-order valence-corrected chi connectivity index (χ4v) is 3.83. The molecule has 0 fully saturated rings. The topological polar surface area (TPSA) is 92.7 Å². The summed E-state index contributed by atoms with van der Waals surface area (Å²) in [7, 11) is 0. The minimum atomic E-state index is -4.48. The molecule has 160 valence electrons. The molecule has 7 nitrogen and oxygen atoms in total. The highest BCUT2D eigenvalue weighted by Crippen LogP contribution is 2.32. The maximum absolute atomic E-state index is 13.1. The quantitative estimate of drug-likeness (QED) is 0.473. The van der Waals surface area contributed by atoms with Crippen molar-refractivity contribution in [2.45, 2.75) is 25.7 Å². The van der Waals surface area contributed by atoms with E-state index in [9.17, 15) is 22.8 Å². The van der Waals surface area contributed by atoms with Crippen LogP contribution < -0.4 is 16.6 Å². The predicted molar refractivity (Wildman–Crippen MR) is 111 cm³/mol. The van der Waals surface area contributed by atoms with Gasteiger partial charge in [0.2, 0.25) is 5.95 Å². The van der Waals surface area contributed by atoms with Crippen LogP contribution in [0.4, 0.5) is 19.1 Å². The number of H-pyrrole nitrogens is 1. The highest BCUT2D eigenvalue weighted by Gasteiger charge is 2.32. The molecule has 0 amide bonds. The number of anilines is 1. The molecule has 3 heterocycles. The smallest absolute Gasteiger partial charge is 0.350 e. The highest BCUT2D eigenvalue weighted by atomic mass is 32.1. The van der Waals surface area contributed by atoms with Gasteiger partial charge in [0, 0.05) is 24.2 Å². The molecule has 0 unspecified atom stereocenters. The Balaban J connectivity index is 1.57. The van der Waals surface area contributed by atoms with E-state index in [1.807, 2.05) is 17.5 Å². The summed E-state index contributed by atoms with van der Waals surface area (Å²) in [6.07, 6.45) is -2.70. The van der Waals surface area contributed by atoms with Crippen molar-refractivity contribution in [2.24, 2.45) is 0 Å². The third kappa shape index (κ3) is 4.50. The zero-order valence-corrected chi connectivity index (χ0v) is 16.8. The Bertz CT molecular complexity index is 1330. The van der Waals surface area contributed by atoms with Gasteiger partial charge in [0.15, 0.2) is 5.65 Å². The monoisotopic (exact) mass is 447 g/mol. The molecule has 0 aliphatic carbocycles. The summed E-state index contributed by atoms with van der Waals surface area (Å²) in [6.45, 7) is 0.0299. The van der Waals surface area contributed by atoms with Gasteiger partial charge in [0.05, 0.1) is 5.56 Å². The zero-order valence-electron chi connectivity index (χ0n) is 15.9. The normalized spacial score (nSPS) is 11.7. The molecular weight excluding hydrogens is 431 g/mol. The number of rotatable bonds is 6. The van der Waals surface area contributed by atoms with Crippen LogP contribution in [-0.2, 0) is 25.7 Å². The second-order valence-corrected chi connectivity index (χ2v) is 7.71. The number of hydrogen-bond donors (Lipinski definition) is 2. The number of hydrogen-bond acceptors (Lipinski definition) is 6. The van der Waals surface area contributed by atoms with Crippen LogP contribution in [-0.4, -0.2) is 19.5 Å². The Hall–Kier alpha value is -3.47. The van der Waals surface area contributed by atoms with Gasteiger partial charge in [-0.2, -0.15) is 18.2 Å². The number of nitrogens with one attached hydrogen (secondary N) is 2. The van der Waals surface area contributed by atoms with Crippen molar-refractivity contribution in [2.75, 3.05) is 5.32 Å². The van der Waals surface area contributed by atoms with Crippen molar-refractivity contribution in [3.8, 4) is 0 Å². The largest absolute Gasteiger partial charge is 0.416 e. The van der Waals surface area contributed by atoms with Crippen LogP contribution in [0.1, 0.15) is 16.0 Å². The van der Waals surface area contributed by atoms with Crippen LogP contribution in [0.25, 0.3) is 11.0 Å². The van der Waals surface area contributed by atoms with Gasteiger partial charge in [-0.1, -0.05) is 24.3 Å². The van der Waals surface area contributed by atoms with Crippen molar-refractivity contribution in [3.63, 3.8) is 0 Å². The van der Waals surface area contributed by atoms with Gasteiger partial charge in [0.1, 0.15) is 5.39 Å². The lowest BCUT2D eigenvalue weighted by Gasteiger charge is -2.13. The lowest BCUT2D eigenvalue weighted by Crippen LogP contribution is -2.36. The van der Waals surface area contributed by atoms with Gasteiger partial charge >= 0.3 is 11.9 Å². The Morgan fingerprint density at radius 2 is 1.94 bits per heavy atom. The van der Waals surface area contributed by atoms with E-state index in [2.05, 4.69) is 20.3 Å². The molecule has 4 rings (SSSR count). The Labute approximate surface area is 177 Å². The molecule has 0 saturated carbocycles. The second-order valence-electron chi connectivity index (χ2n) is 6.68. The highest BCUT2D eigenvalue weighted by molar-refractivity contribution is 7.09. The first-order valence-electron chi connectivity index (χ1n) is 9.24. The van der Waals surface area contributed by atoms with Crippen molar-refractivity contribution in [3.05, 3.63) is 84.8 Å². The van der Waals surface area contributed by atoms with Crippen LogP contribution >= 0.6 is 11.3 Å². The lowest BCUT2D eigenvalue weighted by atomic mass is 10.1. The van der Waals surface area contributed by atoms with Gasteiger partial charge in [0.25, 0.3) is 5.56 Å². The number of benzene rings is 1. The number of aromatic nitrogens is 4. The number of nitrogens with zero attached hydrogens (tertiary/aromatic N) is 3. The van der Waals surface area contributed by atoms with E-state index in [0.717, 1.165) is 15.5 Å². The third-order valence-electron chi connectivity index (χ3n) is 4.66. The van der Waals surface area contributed by atoms with Gasteiger partial charge in [-0.05, 0) is 29.5 Å². The predicted octanol–water partition coefficient (Wildman–Crippen LogP) is 3.41. The van der Waals surface area contributed by atoms with Crippen molar-refractivity contribution in [1.29, 1.82) is 0 Å². The first-order valence-corrected chi connectivity index (χ1v) is 10.1. The first kappa shape index (κ1) is 20.8. The molecule has 0 atom stereocenters. The maximum Gasteiger partial charge on any atom is 0.416 e. The summed E-state index contributed by atoms with van der Waals surface area (Å²) in [5, 5.41) is 4.74. The average Bonchev–Trinajstić information content (AvgIpc) is 3.25. The number of aromatic amines is 1. The molecule has 4 aromatic rings. The molecule has 0 aliphatic heterocycles. The number of aryl methyl sites for hydroxylation is 1. The molecule has 0 spiro atoms. The number of thiophene rings is 1. The van der Waals surface area contributed by atoms with Crippen LogP contribution in [0.5, 0.6) is 0 Å². The SMILES string of the molecule is O=c1[nH]c2nc(NCc3ccccc3C(F)(F)F)ncc2c(=O)n1CCc1cccs1. The molecule has 0 saturated heterocycles. The van der Waals surface area contributed by atoms with E-state index in [0.29, 0.717) is 6.42 Å². The Morgan fingerprint density at radius 3 is 2.68 bits per heavy atom. The maximum atomic E-state index is 13.1. The summed E-state index contributed by atoms with van der Waals surface area (Å²) in [4.78, 5) is 36.7. The van der Waals surface area contributed by atoms with Crippen LogP contribution in [0.3, 0.4) is 0 Å². The number of fused-ring (bicyclic) bond motifs is 1. The minimum Gasteiger partial charge on any atom is -0.350 e.